The number of sulfonamides is 1. The molecule has 1 unspecified atom stereocenters. The molecule has 3 N–H and O–H groups in total. The molecule has 0 fully saturated rings. The van der Waals surface area contributed by atoms with Crippen LogP contribution in [0.3, 0.4) is 0 Å². The highest BCUT2D eigenvalue weighted by Gasteiger charge is 2.07. The normalized spacial score (nSPS) is 13.4. The average molecular weight is 371 g/mol. The Morgan fingerprint density at radius 2 is 1.92 bits per heavy atom. The van der Waals surface area contributed by atoms with Gasteiger partial charge in [0.25, 0.3) is 0 Å². The summed E-state index contributed by atoms with van der Waals surface area (Å²) in [6.07, 6.45) is -0.0739. The maximum atomic E-state index is 11.4. The van der Waals surface area contributed by atoms with Crippen molar-refractivity contribution in [2.45, 2.75) is 33.8 Å². The van der Waals surface area contributed by atoms with E-state index in [-0.39, 0.29) is 11.9 Å². The molecule has 7 nitrogen and oxygen atoms in total. The third-order valence-corrected chi connectivity index (χ3v) is 4.80. The Labute approximate surface area is 151 Å². The van der Waals surface area contributed by atoms with Crippen molar-refractivity contribution in [2.75, 3.05) is 31.9 Å². The molecule has 0 amide bonds. The summed E-state index contributed by atoms with van der Waals surface area (Å²) in [5.41, 5.74) is 1.09. The standard InChI is InChI=1S/C17H30N4O3S/c1-5-18-17(19-11-12-21-25(22,23)6-2)20-13-15(4)24-16-10-8-7-9-14(16)3/h7-10,15,21H,5-6,11-13H2,1-4H3,(H2,18,19,20). The first-order valence-corrected chi connectivity index (χ1v) is 10.2. The number of ether oxygens (including phenoxy) is 1. The summed E-state index contributed by atoms with van der Waals surface area (Å²) in [6, 6.07) is 7.87. The molecule has 0 saturated heterocycles. The minimum atomic E-state index is -3.16. The molecule has 0 aliphatic carbocycles. The van der Waals surface area contributed by atoms with Crippen LogP contribution < -0.4 is 20.1 Å². The van der Waals surface area contributed by atoms with Gasteiger partial charge in [-0.05, 0) is 39.3 Å². The largest absolute Gasteiger partial charge is 0.489 e. The van der Waals surface area contributed by atoms with Crippen LogP contribution in [0.5, 0.6) is 5.75 Å². The fourth-order valence-corrected chi connectivity index (χ4v) is 2.61. The summed E-state index contributed by atoms with van der Waals surface area (Å²) >= 11 is 0. The van der Waals surface area contributed by atoms with E-state index in [1.807, 2.05) is 45.0 Å². The second kappa shape index (κ2) is 10.9. The number of rotatable bonds is 10. The Bertz CT molecular complexity index is 647. The van der Waals surface area contributed by atoms with Crippen LogP contribution in [0.1, 0.15) is 26.3 Å². The molecule has 0 heterocycles. The number of benzene rings is 1. The Kier molecular flexibility index (Phi) is 9.30. The van der Waals surface area contributed by atoms with Crippen molar-refractivity contribution in [1.82, 2.24) is 15.4 Å². The second-order valence-corrected chi connectivity index (χ2v) is 7.73. The summed E-state index contributed by atoms with van der Waals surface area (Å²) < 4.78 is 31.2. The molecule has 0 spiro atoms. The zero-order valence-corrected chi connectivity index (χ0v) is 16.3. The van der Waals surface area contributed by atoms with Gasteiger partial charge in [-0.1, -0.05) is 18.2 Å². The number of nitrogens with one attached hydrogen (secondary N) is 3. The fraction of sp³-hybridized carbons (Fsp3) is 0.588. The van der Waals surface area contributed by atoms with Gasteiger partial charge in [0.05, 0.1) is 12.3 Å². The third kappa shape index (κ3) is 8.74. The molecule has 8 heteroatoms. The van der Waals surface area contributed by atoms with Gasteiger partial charge in [0.15, 0.2) is 5.96 Å². The van der Waals surface area contributed by atoms with E-state index in [4.69, 9.17) is 4.74 Å². The zero-order valence-electron chi connectivity index (χ0n) is 15.5. The molecule has 1 aromatic carbocycles. The Morgan fingerprint density at radius 3 is 2.56 bits per heavy atom. The first kappa shape index (κ1) is 21.2. The predicted molar refractivity (Wildman–Crippen MR) is 103 cm³/mol. The van der Waals surface area contributed by atoms with Crippen LogP contribution in [0.15, 0.2) is 29.3 Å². The minimum absolute atomic E-state index is 0.0739. The van der Waals surface area contributed by atoms with Gasteiger partial charge < -0.3 is 15.4 Å². The smallest absolute Gasteiger partial charge is 0.211 e. The quantitative estimate of drug-likeness (QED) is 0.328. The highest BCUT2D eigenvalue weighted by Crippen LogP contribution is 2.17. The van der Waals surface area contributed by atoms with Crippen LogP contribution in [0.25, 0.3) is 0 Å². The number of hydrogen-bond acceptors (Lipinski definition) is 4. The molecule has 0 saturated carbocycles. The van der Waals surface area contributed by atoms with Crippen molar-refractivity contribution in [2.24, 2.45) is 4.99 Å². The SMILES string of the molecule is CCNC(=NCC(C)Oc1ccccc1C)NCCNS(=O)(=O)CC. The Balaban J connectivity index is 2.47. The van der Waals surface area contributed by atoms with Crippen LogP contribution in [0.2, 0.25) is 0 Å². The molecule has 1 aromatic rings. The maximum Gasteiger partial charge on any atom is 0.211 e. The number of aryl methyl sites for hydroxylation is 1. The molecule has 0 aliphatic rings. The van der Waals surface area contributed by atoms with Gasteiger partial charge in [-0.25, -0.2) is 18.1 Å². The van der Waals surface area contributed by atoms with Crippen LogP contribution in [-0.4, -0.2) is 52.4 Å². The molecule has 0 aromatic heterocycles. The topological polar surface area (TPSA) is 91.8 Å². The van der Waals surface area contributed by atoms with Gasteiger partial charge in [0.2, 0.25) is 10.0 Å². The summed E-state index contributed by atoms with van der Waals surface area (Å²) in [6.45, 7) is 9.54. The highest BCUT2D eigenvalue weighted by molar-refractivity contribution is 7.89. The van der Waals surface area contributed by atoms with Crippen LogP contribution in [-0.2, 0) is 10.0 Å². The van der Waals surface area contributed by atoms with Crippen LogP contribution in [0, 0.1) is 6.92 Å². The average Bonchev–Trinajstić information content (AvgIpc) is 2.58. The molecular weight excluding hydrogens is 340 g/mol. The number of para-hydroxylation sites is 1. The lowest BCUT2D eigenvalue weighted by Crippen LogP contribution is -2.42. The first-order valence-electron chi connectivity index (χ1n) is 8.59. The van der Waals surface area contributed by atoms with Gasteiger partial charge in [-0.3, -0.25) is 0 Å². The summed E-state index contributed by atoms with van der Waals surface area (Å²) in [5, 5.41) is 6.24. The van der Waals surface area contributed by atoms with Crippen molar-refractivity contribution in [3.63, 3.8) is 0 Å². The lowest BCUT2D eigenvalue weighted by Gasteiger charge is -2.16. The Hall–Kier alpha value is -1.80. The highest BCUT2D eigenvalue weighted by atomic mass is 32.2. The van der Waals surface area contributed by atoms with Gasteiger partial charge in [-0.2, -0.15) is 0 Å². The van der Waals surface area contributed by atoms with Crippen molar-refractivity contribution < 1.29 is 13.2 Å². The molecule has 0 bridgehead atoms. The fourth-order valence-electron chi connectivity index (χ4n) is 1.99. The van der Waals surface area contributed by atoms with E-state index in [1.54, 1.807) is 6.92 Å². The minimum Gasteiger partial charge on any atom is -0.489 e. The third-order valence-electron chi connectivity index (χ3n) is 3.39. The van der Waals surface area contributed by atoms with Gasteiger partial charge in [0, 0.05) is 19.6 Å². The summed E-state index contributed by atoms with van der Waals surface area (Å²) in [7, 11) is -3.16. The van der Waals surface area contributed by atoms with E-state index in [2.05, 4.69) is 20.3 Å². The van der Waals surface area contributed by atoms with Crippen molar-refractivity contribution >= 4 is 16.0 Å². The van der Waals surface area contributed by atoms with E-state index in [1.165, 1.54) is 0 Å². The van der Waals surface area contributed by atoms with Crippen molar-refractivity contribution in [3.05, 3.63) is 29.8 Å². The predicted octanol–water partition coefficient (Wildman–Crippen LogP) is 1.26. The molecule has 0 radical (unpaired) electrons. The van der Waals surface area contributed by atoms with E-state index in [9.17, 15) is 8.42 Å². The molecule has 0 aliphatic heterocycles. The van der Waals surface area contributed by atoms with Gasteiger partial charge in [-0.15, -0.1) is 0 Å². The van der Waals surface area contributed by atoms with Crippen molar-refractivity contribution in [1.29, 1.82) is 0 Å². The van der Waals surface area contributed by atoms with E-state index in [0.717, 1.165) is 17.9 Å². The van der Waals surface area contributed by atoms with E-state index in [0.29, 0.717) is 25.6 Å². The van der Waals surface area contributed by atoms with Crippen LogP contribution >= 0.6 is 0 Å². The monoisotopic (exact) mass is 370 g/mol. The lowest BCUT2D eigenvalue weighted by atomic mass is 10.2. The molecule has 142 valence electrons. The first-order chi connectivity index (χ1) is 11.9. The summed E-state index contributed by atoms with van der Waals surface area (Å²) in [5.74, 6) is 1.57. The lowest BCUT2D eigenvalue weighted by molar-refractivity contribution is 0.228. The van der Waals surface area contributed by atoms with Crippen molar-refractivity contribution in [3.8, 4) is 5.75 Å². The maximum absolute atomic E-state index is 11.4. The van der Waals surface area contributed by atoms with Gasteiger partial charge in [0.1, 0.15) is 11.9 Å². The number of nitrogens with zero attached hydrogens (tertiary/aromatic N) is 1. The van der Waals surface area contributed by atoms with E-state index < -0.39 is 10.0 Å². The number of aliphatic imine (C=N–C) groups is 1. The van der Waals surface area contributed by atoms with E-state index >= 15 is 0 Å². The number of guanidine groups is 1. The Morgan fingerprint density at radius 1 is 1.20 bits per heavy atom. The van der Waals surface area contributed by atoms with Crippen LogP contribution in [0.4, 0.5) is 0 Å². The summed E-state index contributed by atoms with van der Waals surface area (Å²) in [4.78, 5) is 4.49. The molecular formula is C17H30N4O3S. The molecule has 25 heavy (non-hydrogen) atoms. The number of hydrogen-bond donors (Lipinski definition) is 3. The van der Waals surface area contributed by atoms with Gasteiger partial charge >= 0.3 is 0 Å². The second-order valence-electron chi connectivity index (χ2n) is 5.64. The molecule has 1 rings (SSSR count). The molecule has 1 atom stereocenters. The zero-order chi connectivity index (χ0) is 18.7.